The molecule has 0 radical (unpaired) electrons. The number of anilines is 1. The monoisotopic (exact) mass is 499 g/mol. The van der Waals surface area contributed by atoms with Gasteiger partial charge in [-0.2, -0.15) is 5.10 Å². The highest BCUT2D eigenvalue weighted by atomic mass is 127. The highest BCUT2D eigenvalue weighted by Crippen LogP contribution is 2.32. The molecular formula is C14H13Cl2IN3O3P. The third-order valence-corrected chi connectivity index (χ3v) is 4.29. The Kier molecular flexibility index (Phi) is 6.47. The number of halogens is 3. The van der Waals surface area contributed by atoms with Crippen LogP contribution in [0.1, 0.15) is 33.8 Å². The molecule has 1 aliphatic rings. The summed E-state index contributed by atoms with van der Waals surface area (Å²) in [5.41, 5.74) is 0.522. The summed E-state index contributed by atoms with van der Waals surface area (Å²) >= 11 is 14.0. The van der Waals surface area contributed by atoms with Gasteiger partial charge in [0, 0.05) is 12.2 Å². The Balaban J connectivity index is 0.00000100. The van der Waals surface area contributed by atoms with Gasteiger partial charge in [-0.25, -0.2) is 4.79 Å². The minimum absolute atomic E-state index is 0.0670. The second-order valence-electron chi connectivity index (χ2n) is 5.02. The van der Waals surface area contributed by atoms with E-state index in [1.54, 1.807) is 18.2 Å². The van der Waals surface area contributed by atoms with E-state index in [2.05, 4.69) is 34.0 Å². The summed E-state index contributed by atoms with van der Waals surface area (Å²) in [6.07, 6.45) is 1.20. The number of aromatic carboxylic acids is 1. The summed E-state index contributed by atoms with van der Waals surface area (Å²) in [5.74, 6) is -1.61. The molecule has 0 spiro atoms. The second kappa shape index (κ2) is 7.99. The van der Waals surface area contributed by atoms with Crippen molar-refractivity contribution < 1.29 is 14.7 Å². The molecule has 0 bridgehead atoms. The maximum atomic E-state index is 12.7. The number of carboxylic acids is 1. The molecule has 1 amide bonds. The average molecular weight is 500 g/mol. The van der Waals surface area contributed by atoms with Crippen molar-refractivity contribution >= 4 is 69.7 Å². The lowest BCUT2D eigenvalue weighted by Crippen LogP contribution is -2.43. The molecule has 3 rings (SSSR count). The molecule has 24 heavy (non-hydrogen) atoms. The first-order valence-electron chi connectivity index (χ1n) is 6.69. The highest BCUT2D eigenvalue weighted by molar-refractivity contribution is 14.2. The Morgan fingerprint density at radius 3 is 2.62 bits per heavy atom. The predicted molar refractivity (Wildman–Crippen MR) is 106 cm³/mol. The van der Waals surface area contributed by atoms with E-state index < -0.39 is 11.9 Å². The van der Waals surface area contributed by atoms with Crippen molar-refractivity contribution in [2.75, 3.05) is 11.4 Å². The van der Waals surface area contributed by atoms with E-state index in [0.717, 1.165) is 0 Å². The fraction of sp³-hybridized carbons (Fsp3) is 0.214. The first kappa shape index (κ1) is 19.4. The Hall–Kier alpha value is -0.890. The molecule has 1 aromatic carbocycles. The van der Waals surface area contributed by atoms with Crippen LogP contribution in [0.2, 0.25) is 10.0 Å². The largest absolute Gasteiger partial charge is 0.478 e. The van der Waals surface area contributed by atoms with Gasteiger partial charge < -0.3 is 10.0 Å². The number of carboxylic acid groups (broad SMARTS) is 1. The zero-order valence-corrected chi connectivity index (χ0v) is 17.2. The molecule has 128 valence electrons. The first-order valence-corrected chi connectivity index (χ1v) is 11.6. The number of rotatable bonds is 2. The molecule has 1 aromatic heterocycles. The van der Waals surface area contributed by atoms with Crippen LogP contribution in [0.5, 0.6) is 0 Å². The molecule has 0 fully saturated rings. The van der Waals surface area contributed by atoms with Gasteiger partial charge >= 0.3 is 5.97 Å². The lowest BCUT2D eigenvalue weighted by atomic mass is 10.1. The topological polar surface area (TPSA) is 75.4 Å². The van der Waals surface area contributed by atoms with Gasteiger partial charge in [0.05, 0.1) is 22.3 Å². The van der Waals surface area contributed by atoms with Gasteiger partial charge in [0.2, 0.25) is 0 Å². The number of hydrogen-bond donors (Lipinski definition) is 1. The molecular weight excluding hydrogens is 487 g/mol. The van der Waals surface area contributed by atoms with Crippen LogP contribution >= 0.6 is 52.1 Å². The fourth-order valence-electron chi connectivity index (χ4n) is 2.49. The molecule has 6 nitrogen and oxygen atoms in total. The third kappa shape index (κ3) is 3.54. The number of benzene rings is 1. The highest BCUT2D eigenvalue weighted by Gasteiger charge is 2.35. The maximum absolute atomic E-state index is 12.7. The standard InChI is InChI=1S/C14H11Cl2N3O3.H2IP/c1-7-6-18(8-2-3-10(15)11(16)4-8)13(20)12-9(14(21)22)5-17-19(7)12;1-2/h2-5,7H,6H2,1H3,(H,21,22);2H2. The molecule has 0 saturated carbocycles. The number of carbonyl (C=O) groups excluding carboxylic acids is 1. The molecule has 0 saturated heterocycles. The average Bonchev–Trinajstić information content (AvgIpc) is 3.02. The zero-order valence-electron chi connectivity index (χ0n) is 12.4. The summed E-state index contributed by atoms with van der Waals surface area (Å²) in [5, 5.41) is 13.9. The van der Waals surface area contributed by atoms with Crippen molar-refractivity contribution in [3.63, 3.8) is 0 Å². The van der Waals surface area contributed by atoms with Crippen molar-refractivity contribution in [1.29, 1.82) is 0 Å². The van der Waals surface area contributed by atoms with E-state index in [9.17, 15) is 14.7 Å². The van der Waals surface area contributed by atoms with Gasteiger partial charge in [0.15, 0.2) is 0 Å². The predicted octanol–water partition coefficient (Wildman–Crippen LogP) is 4.32. The van der Waals surface area contributed by atoms with Crippen LogP contribution in [0, 0.1) is 0 Å². The third-order valence-electron chi connectivity index (χ3n) is 3.55. The molecule has 1 N–H and O–H groups in total. The number of fused-ring (bicyclic) bond motifs is 1. The van der Waals surface area contributed by atoms with Crippen molar-refractivity contribution in [2.45, 2.75) is 13.0 Å². The molecule has 1 aliphatic heterocycles. The summed E-state index contributed by atoms with van der Waals surface area (Å²) in [6, 6.07) is 4.70. The van der Waals surface area contributed by atoms with E-state index in [1.165, 1.54) is 15.8 Å². The van der Waals surface area contributed by atoms with E-state index >= 15 is 0 Å². The van der Waals surface area contributed by atoms with E-state index in [4.69, 9.17) is 23.2 Å². The lowest BCUT2D eigenvalue weighted by molar-refractivity contribution is 0.0690. The van der Waals surface area contributed by atoms with E-state index in [-0.39, 0.29) is 17.3 Å². The summed E-state index contributed by atoms with van der Waals surface area (Å²) in [4.78, 5) is 25.4. The Morgan fingerprint density at radius 2 is 2.04 bits per heavy atom. The second-order valence-corrected chi connectivity index (χ2v) is 5.83. The number of hydrogen-bond acceptors (Lipinski definition) is 3. The Labute approximate surface area is 163 Å². The SMILES string of the molecule is CC1CN(c2ccc(Cl)c(Cl)c2)C(=O)c2c(C(=O)O)cnn21.PI. The smallest absolute Gasteiger partial charge is 0.339 e. The van der Waals surface area contributed by atoms with Crippen molar-refractivity contribution in [3.8, 4) is 0 Å². The van der Waals surface area contributed by atoms with Gasteiger partial charge in [-0.1, -0.05) is 52.1 Å². The van der Waals surface area contributed by atoms with Crippen molar-refractivity contribution in [3.05, 3.63) is 45.7 Å². The fourth-order valence-corrected chi connectivity index (χ4v) is 2.79. The van der Waals surface area contributed by atoms with Gasteiger partial charge in [0.1, 0.15) is 11.3 Å². The number of carbonyl (C=O) groups is 2. The van der Waals surface area contributed by atoms with Crippen molar-refractivity contribution in [1.82, 2.24) is 9.78 Å². The number of amides is 1. The van der Waals surface area contributed by atoms with E-state index in [0.29, 0.717) is 22.3 Å². The Morgan fingerprint density at radius 1 is 1.38 bits per heavy atom. The molecule has 2 heterocycles. The van der Waals surface area contributed by atoms with Gasteiger partial charge in [0.25, 0.3) is 5.91 Å². The van der Waals surface area contributed by atoms with E-state index in [1.807, 2.05) is 6.92 Å². The van der Waals surface area contributed by atoms with Gasteiger partial charge in [-0.15, -0.1) is 0 Å². The zero-order chi connectivity index (χ0) is 18.0. The van der Waals surface area contributed by atoms with Crippen LogP contribution in [-0.4, -0.2) is 33.3 Å². The van der Waals surface area contributed by atoms with Crippen molar-refractivity contribution in [2.24, 2.45) is 0 Å². The van der Waals surface area contributed by atoms with Crippen LogP contribution in [-0.2, 0) is 0 Å². The van der Waals surface area contributed by atoms with Gasteiger partial charge in [-0.05, 0) is 25.1 Å². The number of nitrogens with zero attached hydrogens (tertiary/aromatic N) is 3. The van der Waals surface area contributed by atoms with Crippen LogP contribution in [0.3, 0.4) is 0 Å². The molecule has 10 heteroatoms. The molecule has 2 aromatic rings. The minimum Gasteiger partial charge on any atom is -0.478 e. The summed E-state index contributed by atoms with van der Waals surface area (Å²) in [7, 11) is 0. The van der Waals surface area contributed by atoms with Gasteiger partial charge in [-0.3, -0.25) is 9.48 Å². The number of aromatic nitrogens is 2. The molecule has 0 aliphatic carbocycles. The lowest BCUT2D eigenvalue weighted by Gasteiger charge is -2.32. The first-order chi connectivity index (χ1) is 11.4. The maximum Gasteiger partial charge on any atom is 0.339 e. The summed E-state index contributed by atoms with van der Waals surface area (Å²) < 4.78 is 1.44. The van der Waals surface area contributed by atoms with Crippen LogP contribution in [0.4, 0.5) is 5.69 Å². The van der Waals surface area contributed by atoms with Crippen LogP contribution < -0.4 is 4.90 Å². The summed E-state index contributed by atoms with van der Waals surface area (Å²) in [6.45, 7) is 4.61. The molecule has 2 unspecified atom stereocenters. The van der Waals surface area contributed by atoms with Crippen LogP contribution in [0.25, 0.3) is 0 Å². The Bertz CT molecular complexity index is 800. The quantitative estimate of drug-likeness (QED) is 0.493. The van der Waals surface area contributed by atoms with Crippen LogP contribution in [0.15, 0.2) is 24.4 Å². The minimum atomic E-state index is -1.18. The normalized spacial score (nSPS) is 16.3. The molecule has 2 atom stereocenters.